The SMILES string of the molecule is CCC(C)(CC)NCc1nc(C(C)(C)C)cs1. The molecule has 0 amide bonds. The van der Waals surface area contributed by atoms with Crippen molar-refractivity contribution in [1.82, 2.24) is 10.3 Å². The Balaban J connectivity index is 2.62. The monoisotopic (exact) mass is 254 g/mol. The summed E-state index contributed by atoms with van der Waals surface area (Å²) in [5, 5.41) is 7.01. The smallest absolute Gasteiger partial charge is 0.107 e. The molecule has 1 heterocycles. The van der Waals surface area contributed by atoms with E-state index in [1.54, 1.807) is 11.3 Å². The molecule has 1 N–H and O–H groups in total. The van der Waals surface area contributed by atoms with Gasteiger partial charge in [-0.2, -0.15) is 0 Å². The maximum absolute atomic E-state index is 4.71. The molecule has 0 unspecified atom stereocenters. The van der Waals surface area contributed by atoms with Crippen molar-refractivity contribution in [3.63, 3.8) is 0 Å². The van der Waals surface area contributed by atoms with Crippen LogP contribution in [0.3, 0.4) is 0 Å². The molecule has 0 radical (unpaired) electrons. The summed E-state index contributed by atoms with van der Waals surface area (Å²) < 4.78 is 0. The lowest BCUT2D eigenvalue weighted by Crippen LogP contribution is -2.40. The Morgan fingerprint density at radius 3 is 2.18 bits per heavy atom. The summed E-state index contributed by atoms with van der Waals surface area (Å²) in [5.41, 5.74) is 1.61. The lowest BCUT2D eigenvalue weighted by Gasteiger charge is -2.27. The Bertz CT molecular complexity index is 345. The number of hydrogen-bond donors (Lipinski definition) is 1. The van der Waals surface area contributed by atoms with Crippen LogP contribution in [-0.2, 0) is 12.0 Å². The van der Waals surface area contributed by atoms with Crippen LogP contribution in [0.2, 0.25) is 0 Å². The molecule has 98 valence electrons. The topological polar surface area (TPSA) is 24.9 Å². The number of rotatable bonds is 5. The molecule has 0 saturated carbocycles. The van der Waals surface area contributed by atoms with E-state index in [9.17, 15) is 0 Å². The van der Waals surface area contributed by atoms with E-state index in [1.807, 2.05) is 0 Å². The van der Waals surface area contributed by atoms with Crippen LogP contribution in [-0.4, -0.2) is 10.5 Å². The van der Waals surface area contributed by atoms with Gasteiger partial charge in [-0.1, -0.05) is 34.6 Å². The predicted molar refractivity (Wildman–Crippen MR) is 76.6 cm³/mol. The van der Waals surface area contributed by atoms with Crippen molar-refractivity contribution in [2.24, 2.45) is 0 Å². The summed E-state index contributed by atoms with van der Waals surface area (Å²) in [5.74, 6) is 0. The van der Waals surface area contributed by atoms with Crippen molar-refractivity contribution in [2.45, 2.75) is 71.9 Å². The van der Waals surface area contributed by atoms with Gasteiger partial charge in [-0.15, -0.1) is 11.3 Å². The lowest BCUT2D eigenvalue weighted by molar-refractivity contribution is 0.329. The Morgan fingerprint density at radius 2 is 1.76 bits per heavy atom. The van der Waals surface area contributed by atoms with Crippen LogP contribution < -0.4 is 5.32 Å². The Morgan fingerprint density at radius 1 is 1.18 bits per heavy atom. The van der Waals surface area contributed by atoms with E-state index in [4.69, 9.17) is 4.98 Å². The van der Waals surface area contributed by atoms with Crippen LogP contribution in [0.5, 0.6) is 0 Å². The van der Waals surface area contributed by atoms with Gasteiger partial charge in [0.05, 0.1) is 5.69 Å². The molecular formula is C14H26N2S. The quantitative estimate of drug-likeness (QED) is 0.855. The first-order valence-electron chi connectivity index (χ1n) is 6.50. The summed E-state index contributed by atoms with van der Waals surface area (Å²) in [6, 6.07) is 0. The molecule has 0 bridgehead atoms. The zero-order valence-electron chi connectivity index (χ0n) is 12.1. The van der Waals surface area contributed by atoms with E-state index >= 15 is 0 Å². The molecule has 0 aliphatic heterocycles. The summed E-state index contributed by atoms with van der Waals surface area (Å²) in [6.45, 7) is 14.3. The molecule has 17 heavy (non-hydrogen) atoms. The first kappa shape index (κ1) is 14.7. The molecule has 0 aliphatic carbocycles. The van der Waals surface area contributed by atoms with Crippen LogP contribution in [0.4, 0.5) is 0 Å². The van der Waals surface area contributed by atoms with Crippen LogP contribution in [0.15, 0.2) is 5.38 Å². The van der Waals surface area contributed by atoms with Crippen LogP contribution in [0, 0.1) is 0 Å². The number of hydrogen-bond acceptors (Lipinski definition) is 3. The van der Waals surface area contributed by atoms with Gasteiger partial charge in [0.15, 0.2) is 0 Å². The molecule has 0 fully saturated rings. The van der Waals surface area contributed by atoms with Crippen molar-refractivity contribution in [1.29, 1.82) is 0 Å². The fourth-order valence-corrected chi connectivity index (χ4v) is 2.49. The highest BCUT2D eigenvalue weighted by Crippen LogP contribution is 2.24. The van der Waals surface area contributed by atoms with Gasteiger partial charge in [0.2, 0.25) is 0 Å². The molecule has 2 nitrogen and oxygen atoms in total. The Labute approximate surface area is 110 Å². The van der Waals surface area contributed by atoms with E-state index < -0.39 is 0 Å². The molecule has 1 aromatic rings. The maximum Gasteiger partial charge on any atom is 0.107 e. The van der Waals surface area contributed by atoms with Crippen LogP contribution >= 0.6 is 11.3 Å². The third-order valence-electron chi connectivity index (χ3n) is 3.55. The Kier molecular flexibility index (Phi) is 4.73. The fraction of sp³-hybridized carbons (Fsp3) is 0.786. The summed E-state index contributed by atoms with van der Waals surface area (Å²) in [7, 11) is 0. The molecule has 0 atom stereocenters. The van der Waals surface area contributed by atoms with Crippen molar-refractivity contribution in [3.8, 4) is 0 Å². The third-order valence-corrected chi connectivity index (χ3v) is 4.40. The van der Waals surface area contributed by atoms with Crippen molar-refractivity contribution < 1.29 is 0 Å². The normalized spacial score (nSPS) is 13.1. The zero-order chi connectivity index (χ0) is 13.1. The van der Waals surface area contributed by atoms with Crippen molar-refractivity contribution >= 4 is 11.3 Å². The molecular weight excluding hydrogens is 228 g/mol. The number of thiazole rings is 1. The third kappa shape index (κ3) is 4.07. The molecule has 0 aliphatic rings. The van der Waals surface area contributed by atoms with Crippen molar-refractivity contribution in [2.75, 3.05) is 0 Å². The van der Waals surface area contributed by atoms with E-state index in [1.165, 1.54) is 10.7 Å². The van der Waals surface area contributed by atoms with Gasteiger partial charge in [0.1, 0.15) is 5.01 Å². The molecule has 3 heteroatoms. The second-order valence-electron chi connectivity index (χ2n) is 6.00. The van der Waals surface area contributed by atoms with E-state index in [-0.39, 0.29) is 11.0 Å². The van der Waals surface area contributed by atoms with Gasteiger partial charge >= 0.3 is 0 Å². The van der Waals surface area contributed by atoms with E-state index in [0.717, 1.165) is 19.4 Å². The maximum atomic E-state index is 4.71. The van der Waals surface area contributed by atoms with Gasteiger partial charge in [0, 0.05) is 22.9 Å². The predicted octanol–water partition coefficient (Wildman–Crippen LogP) is 4.11. The summed E-state index contributed by atoms with van der Waals surface area (Å²) >= 11 is 1.76. The van der Waals surface area contributed by atoms with Gasteiger partial charge in [0.25, 0.3) is 0 Å². The number of nitrogens with zero attached hydrogens (tertiary/aromatic N) is 1. The lowest BCUT2D eigenvalue weighted by atomic mass is 9.93. The average molecular weight is 254 g/mol. The Hall–Kier alpha value is -0.410. The highest BCUT2D eigenvalue weighted by atomic mass is 32.1. The fourth-order valence-electron chi connectivity index (χ4n) is 1.53. The highest BCUT2D eigenvalue weighted by Gasteiger charge is 2.20. The highest BCUT2D eigenvalue weighted by molar-refractivity contribution is 7.09. The minimum absolute atomic E-state index is 0.160. The molecule has 1 aromatic heterocycles. The van der Waals surface area contributed by atoms with E-state index in [0.29, 0.717) is 0 Å². The summed E-state index contributed by atoms with van der Waals surface area (Å²) in [4.78, 5) is 4.71. The van der Waals surface area contributed by atoms with Crippen LogP contribution in [0.1, 0.15) is 65.1 Å². The minimum Gasteiger partial charge on any atom is -0.305 e. The van der Waals surface area contributed by atoms with Gasteiger partial charge in [-0.05, 0) is 19.8 Å². The van der Waals surface area contributed by atoms with Gasteiger partial charge < -0.3 is 5.32 Å². The summed E-state index contributed by atoms with van der Waals surface area (Å²) in [6.07, 6.45) is 2.31. The van der Waals surface area contributed by atoms with Gasteiger partial charge in [-0.3, -0.25) is 0 Å². The zero-order valence-corrected chi connectivity index (χ0v) is 12.9. The molecule has 0 aromatic carbocycles. The average Bonchev–Trinajstić information content (AvgIpc) is 2.74. The van der Waals surface area contributed by atoms with Crippen LogP contribution in [0.25, 0.3) is 0 Å². The first-order valence-corrected chi connectivity index (χ1v) is 7.38. The molecule has 0 spiro atoms. The molecule has 1 rings (SSSR count). The number of nitrogens with one attached hydrogen (secondary N) is 1. The molecule has 0 saturated heterocycles. The second kappa shape index (κ2) is 5.49. The largest absolute Gasteiger partial charge is 0.305 e. The van der Waals surface area contributed by atoms with Crippen molar-refractivity contribution in [3.05, 3.63) is 16.1 Å². The first-order chi connectivity index (χ1) is 7.80. The standard InChI is InChI=1S/C14H26N2S/c1-7-14(6,8-2)15-9-12-16-11(10-17-12)13(3,4)5/h10,15H,7-9H2,1-6H3. The number of aromatic nitrogens is 1. The minimum atomic E-state index is 0.160. The second-order valence-corrected chi connectivity index (χ2v) is 6.94. The van der Waals surface area contributed by atoms with E-state index in [2.05, 4.69) is 52.2 Å². The van der Waals surface area contributed by atoms with Gasteiger partial charge in [-0.25, -0.2) is 4.98 Å².